The van der Waals surface area contributed by atoms with E-state index in [-0.39, 0.29) is 5.75 Å². The summed E-state index contributed by atoms with van der Waals surface area (Å²) in [5, 5.41) is 3.13. The molecule has 0 amide bonds. The molecule has 15 heavy (non-hydrogen) atoms. The van der Waals surface area contributed by atoms with Crippen molar-refractivity contribution in [2.24, 2.45) is 0 Å². The highest BCUT2D eigenvalue weighted by Gasteiger charge is 2.09. The van der Waals surface area contributed by atoms with Gasteiger partial charge in [-0.15, -0.1) is 0 Å². The number of sulfone groups is 1. The van der Waals surface area contributed by atoms with Crippen LogP contribution in [0, 0.1) is 0 Å². The van der Waals surface area contributed by atoms with Crippen LogP contribution in [0.3, 0.4) is 0 Å². The first-order valence-corrected chi connectivity index (χ1v) is 7.32. The molecule has 0 aromatic carbocycles. The minimum atomic E-state index is -2.83. The van der Waals surface area contributed by atoms with Gasteiger partial charge in [0.25, 0.3) is 0 Å². The fourth-order valence-corrected chi connectivity index (χ4v) is 1.96. The normalized spacial score (nSPS) is 19.3. The molecule has 0 bridgehead atoms. The van der Waals surface area contributed by atoms with Gasteiger partial charge in [-0.2, -0.15) is 0 Å². The van der Waals surface area contributed by atoms with Crippen molar-refractivity contribution in [2.45, 2.75) is 0 Å². The highest BCUT2D eigenvalue weighted by molar-refractivity contribution is 7.90. The third-order valence-electron chi connectivity index (χ3n) is 2.36. The molecule has 1 aliphatic rings. The van der Waals surface area contributed by atoms with Gasteiger partial charge in [-0.1, -0.05) is 0 Å². The summed E-state index contributed by atoms with van der Waals surface area (Å²) in [7, 11) is -2.83. The molecular weight excluding hydrogens is 216 g/mol. The summed E-state index contributed by atoms with van der Waals surface area (Å²) < 4.78 is 26.9. The summed E-state index contributed by atoms with van der Waals surface area (Å²) in [5.74, 6) is 0.218. The van der Waals surface area contributed by atoms with E-state index in [1.165, 1.54) is 6.26 Å². The number of nitrogens with one attached hydrogen (secondary N) is 1. The molecule has 1 rings (SSSR count). The van der Waals surface area contributed by atoms with Crippen LogP contribution in [-0.2, 0) is 14.6 Å². The molecule has 0 unspecified atom stereocenters. The molecule has 1 saturated heterocycles. The Morgan fingerprint density at radius 1 is 1.27 bits per heavy atom. The molecule has 0 aromatic rings. The van der Waals surface area contributed by atoms with Gasteiger partial charge in [-0.25, -0.2) is 8.42 Å². The van der Waals surface area contributed by atoms with Crippen molar-refractivity contribution in [3.8, 4) is 0 Å². The average Bonchev–Trinajstić information content (AvgIpc) is 2.17. The van der Waals surface area contributed by atoms with E-state index in [1.54, 1.807) is 0 Å². The number of hydrogen-bond acceptors (Lipinski definition) is 5. The first-order chi connectivity index (χ1) is 7.08. The minimum absolute atomic E-state index is 0.218. The van der Waals surface area contributed by atoms with E-state index in [4.69, 9.17) is 4.74 Å². The number of ether oxygens (including phenoxy) is 1. The minimum Gasteiger partial charge on any atom is -0.379 e. The molecule has 0 spiro atoms. The van der Waals surface area contributed by atoms with Crippen LogP contribution >= 0.6 is 0 Å². The predicted molar refractivity (Wildman–Crippen MR) is 59.8 cm³/mol. The van der Waals surface area contributed by atoms with Gasteiger partial charge >= 0.3 is 0 Å². The summed E-state index contributed by atoms with van der Waals surface area (Å²) >= 11 is 0. The lowest BCUT2D eigenvalue weighted by molar-refractivity contribution is 0.0385. The first kappa shape index (κ1) is 12.9. The van der Waals surface area contributed by atoms with Crippen LogP contribution < -0.4 is 5.32 Å². The highest BCUT2D eigenvalue weighted by atomic mass is 32.2. The Balaban J connectivity index is 1.96. The molecule has 5 nitrogen and oxygen atoms in total. The molecule has 0 radical (unpaired) electrons. The van der Waals surface area contributed by atoms with Gasteiger partial charge in [0.05, 0.1) is 19.0 Å². The maximum atomic E-state index is 10.8. The zero-order valence-corrected chi connectivity index (χ0v) is 10.1. The second-order valence-corrected chi connectivity index (χ2v) is 6.09. The summed E-state index contributed by atoms with van der Waals surface area (Å²) in [6, 6.07) is 0. The van der Waals surface area contributed by atoms with Crippen molar-refractivity contribution in [2.75, 3.05) is 57.9 Å². The Morgan fingerprint density at radius 2 is 1.93 bits per heavy atom. The molecule has 0 atom stereocenters. The van der Waals surface area contributed by atoms with Crippen LogP contribution in [0.15, 0.2) is 0 Å². The number of rotatable bonds is 6. The molecule has 0 saturated carbocycles. The van der Waals surface area contributed by atoms with E-state index < -0.39 is 9.84 Å². The average molecular weight is 236 g/mol. The second-order valence-electron chi connectivity index (χ2n) is 3.83. The monoisotopic (exact) mass is 236 g/mol. The predicted octanol–water partition coefficient (Wildman–Crippen LogP) is -1.05. The fourth-order valence-electron chi connectivity index (χ4n) is 1.44. The third kappa shape index (κ3) is 6.83. The molecule has 1 fully saturated rings. The van der Waals surface area contributed by atoms with E-state index in [0.717, 1.165) is 39.4 Å². The molecule has 1 N–H and O–H groups in total. The Kier molecular flexibility index (Phi) is 5.52. The standard InChI is InChI=1S/C9H20N2O3S/c1-15(12,13)9-3-10-2-4-11-5-7-14-8-6-11/h10H,2-9H2,1H3. The third-order valence-corrected chi connectivity index (χ3v) is 3.30. The largest absolute Gasteiger partial charge is 0.379 e. The van der Waals surface area contributed by atoms with Gasteiger partial charge in [-0.05, 0) is 0 Å². The Bertz CT molecular complexity index is 261. The molecule has 0 aliphatic carbocycles. The van der Waals surface area contributed by atoms with E-state index in [9.17, 15) is 8.42 Å². The SMILES string of the molecule is CS(=O)(=O)CCNCCN1CCOCC1. The lowest BCUT2D eigenvalue weighted by Crippen LogP contribution is -2.40. The molecule has 1 aliphatic heterocycles. The van der Waals surface area contributed by atoms with Crippen molar-refractivity contribution < 1.29 is 13.2 Å². The fraction of sp³-hybridized carbons (Fsp3) is 1.00. The summed E-state index contributed by atoms with van der Waals surface area (Å²) in [5.41, 5.74) is 0. The smallest absolute Gasteiger partial charge is 0.148 e. The molecule has 90 valence electrons. The van der Waals surface area contributed by atoms with Gasteiger partial charge in [0.2, 0.25) is 0 Å². The van der Waals surface area contributed by atoms with E-state index in [2.05, 4.69) is 10.2 Å². The van der Waals surface area contributed by atoms with Gasteiger partial charge < -0.3 is 10.1 Å². The van der Waals surface area contributed by atoms with E-state index >= 15 is 0 Å². The van der Waals surface area contributed by atoms with Gasteiger partial charge in [-0.3, -0.25) is 4.90 Å². The Morgan fingerprint density at radius 3 is 2.53 bits per heavy atom. The van der Waals surface area contributed by atoms with Crippen LogP contribution in [0.2, 0.25) is 0 Å². The molecule has 1 heterocycles. The van der Waals surface area contributed by atoms with Crippen LogP contribution in [0.5, 0.6) is 0 Å². The molecular formula is C9H20N2O3S. The second kappa shape index (κ2) is 6.42. The van der Waals surface area contributed by atoms with E-state index in [1.807, 2.05) is 0 Å². The maximum absolute atomic E-state index is 10.8. The number of nitrogens with zero attached hydrogens (tertiary/aromatic N) is 1. The zero-order chi connectivity index (χ0) is 11.1. The topological polar surface area (TPSA) is 58.6 Å². The molecule has 6 heteroatoms. The summed E-state index contributed by atoms with van der Waals surface area (Å²) in [4.78, 5) is 2.32. The van der Waals surface area contributed by atoms with Crippen molar-refractivity contribution in [1.29, 1.82) is 0 Å². The van der Waals surface area contributed by atoms with Gasteiger partial charge in [0.1, 0.15) is 9.84 Å². The zero-order valence-electron chi connectivity index (χ0n) is 9.24. The Hall–Kier alpha value is -0.170. The number of morpholine rings is 1. The first-order valence-electron chi connectivity index (χ1n) is 5.26. The highest BCUT2D eigenvalue weighted by Crippen LogP contribution is 1.94. The lowest BCUT2D eigenvalue weighted by atomic mass is 10.4. The van der Waals surface area contributed by atoms with E-state index in [0.29, 0.717) is 6.54 Å². The quantitative estimate of drug-likeness (QED) is 0.597. The van der Waals surface area contributed by atoms with Gasteiger partial charge in [0.15, 0.2) is 0 Å². The van der Waals surface area contributed by atoms with Crippen LogP contribution in [0.25, 0.3) is 0 Å². The van der Waals surface area contributed by atoms with Crippen molar-refractivity contribution in [3.63, 3.8) is 0 Å². The maximum Gasteiger partial charge on any atom is 0.148 e. The number of hydrogen-bond donors (Lipinski definition) is 1. The van der Waals surface area contributed by atoms with Crippen molar-refractivity contribution in [1.82, 2.24) is 10.2 Å². The van der Waals surface area contributed by atoms with Crippen molar-refractivity contribution in [3.05, 3.63) is 0 Å². The van der Waals surface area contributed by atoms with Crippen LogP contribution in [0.1, 0.15) is 0 Å². The van der Waals surface area contributed by atoms with Gasteiger partial charge in [0, 0.05) is 39.0 Å². The summed E-state index contributed by atoms with van der Waals surface area (Å²) in [6.45, 7) is 5.93. The summed E-state index contributed by atoms with van der Waals surface area (Å²) in [6.07, 6.45) is 1.26. The van der Waals surface area contributed by atoms with Crippen LogP contribution in [0.4, 0.5) is 0 Å². The lowest BCUT2D eigenvalue weighted by Gasteiger charge is -2.26. The van der Waals surface area contributed by atoms with Crippen molar-refractivity contribution >= 4 is 9.84 Å². The van der Waals surface area contributed by atoms with Crippen LogP contribution in [-0.4, -0.2) is 71.3 Å². The molecule has 0 aromatic heterocycles. The Labute approximate surface area is 91.7 Å².